The Hall–Kier alpha value is -1.94. The van der Waals surface area contributed by atoms with Crippen molar-refractivity contribution in [3.63, 3.8) is 0 Å². The Morgan fingerprint density at radius 1 is 0.300 bits per heavy atom. The van der Waals surface area contributed by atoms with Gasteiger partial charge in [-0.1, -0.05) is 317 Å². The molecule has 0 aliphatic heterocycles. The number of phosphoric acid groups is 2. The minimum absolute atomic E-state index is 0.102. The Labute approximate surface area is 549 Å². The highest BCUT2D eigenvalue weighted by Crippen LogP contribution is 2.45. The average molecular weight is 1330 g/mol. The number of ether oxygens (including phenoxy) is 4. The van der Waals surface area contributed by atoms with Gasteiger partial charge in [-0.3, -0.25) is 37.3 Å². The molecule has 0 aliphatic carbocycles. The first kappa shape index (κ1) is 88.1. The smallest absolute Gasteiger partial charge is 0.462 e. The molecular weight excluding hydrogens is 1190 g/mol. The molecule has 0 saturated heterocycles. The van der Waals surface area contributed by atoms with Crippen LogP contribution in [0.1, 0.15) is 369 Å². The fourth-order valence-electron chi connectivity index (χ4n) is 10.8. The number of aliphatic hydroxyl groups is 1. The van der Waals surface area contributed by atoms with Crippen LogP contribution in [0.4, 0.5) is 0 Å². The summed E-state index contributed by atoms with van der Waals surface area (Å²) >= 11 is 0. The van der Waals surface area contributed by atoms with Crippen molar-refractivity contribution in [2.75, 3.05) is 39.6 Å². The number of carbonyl (C=O) groups excluding carboxylic acids is 4. The van der Waals surface area contributed by atoms with Crippen molar-refractivity contribution in [2.45, 2.75) is 387 Å². The molecule has 0 bridgehead atoms. The van der Waals surface area contributed by atoms with Crippen molar-refractivity contribution in [1.82, 2.24) is 0 Å². The Balaban J connectivity index is 5.12. The molecule has 0 saturated carbocycles. The van der Waals surface area contributed by atoms with E-state index in [9.17, 15) is 43.2 Å². The zero-order chi connectivity index (χ0) is 66.3. The Morgan fingerprint density at radius 3 is 0.756 bits per heavy atom. The molecule has 19 heteroatoms. The summed E-state index contributed by atoms with van der Waals surface area (Å²) < 4.78 is 68.0. The van der Waals surface area contributed by atoms with Gasteiger partial charge in [-0.2, -0.15) is 0 Å². The summed E-state index contributed by atoms with van der Waals surface area (Å²) in [6, 6.07) is 0. The van der Waals surface area contributed by atoms with Crippen LogP contribution in [0.15, 0.2) is 0 Å². The van der Waals surface area contributed by atoms with Crippen molar-refractivity contribution in [1.29, 1.82) is 0 Å². The van der Waals surface area contributed by atoms with E-state index in [4.69, 9.17) is 37.0 Å². The highest BCUT2D eigenvalue weighted by molar-refractivity contribution is 7.47. The number of esters is 4. The third-order valence-electron chi connectivity index (χ3n) is 16.5. The SMILES string of the molecule is CCCCCCCCCCCCCCCCCCCCCC(=O)O[C@H](COC(=O)CCCCCCCCCCCCCCCCCCC)COP(=O)(O)OC[C@@H](O)COP(=O)(O)OC[C@@H](COC(=O)CCCCCCC)OC(=O)CCCCCCCCC(C)C. The molecule has 0 aromatic heterocycles. The van der Waals surface area contributed by atoms with Crippen LogP contribution in [0.2, 0.25) is 0 Å². The lowest BCUT2D eigenvalue weighted by Crippen LogP contribution is -2.30. The van der Waals surface area contributed by atoms with Gasteiger partial charge in [0, 0.05) is 25.7 Å². The topological polar surface area (TPSA) is 237 Å². The molecule has 0 amide bonds. The van der Waals surface area contributed by atoms with Gasteiger partial charge in [0.2, 0.25) is 0 Å². The molecule has 5 atom stereocenters. The predicted molar refractivity (Wildman–Crippen MR) is 363 cm³/mol. The molecule has 90 heavy (non-hydrogen) atoms. The van der Waals surface area contributed by atoms with Gasteiger partial charge in [-0.15, -0.1) is 0 Å². The fourth-order valence-corrected chi connectivity index (χ4v) is 12.4. The second kappa shape index (κ2) is 64.4. The van der Waals surface area contributed by atoms with E-state index in [-0.39, 0.29) is 25.7 Å². The molecule has 534 valence electrons. The van der Waals surface area contributed by atoms with E-state index in [1.165, 1.54) is 186 Å². The largest absolute Gasteiger partial charge is 0.472 e. The number of rotatable bonds is 71. The zero-order valence-corrected chi connectivity index (χ0v) is 60.1. The first-order valence-electron chi connectivity index (χ1n) is 37.1. The Morgan fingerprint density at radius 2 is 0.511 bits per heavy atom. The standard InChI is InChI=1S/C71H138O17P2/c1-6-9-12-15-17-19-21-23-25-27-28-30-32-34-36-38-40-46-51-56-70(75)87-67(61-82-69(74)55-50-45-39-37-35-33-31-29-26-24-22-20-18-16-13-10-7-2)63-86-90(79,80)84-59-65(72)58-83-89(77,78)85-62-66(60-81-68(73)54-49-43-14-11-8-3)88-71(76)57-52-47-42-41-44-48-53-64(4)5/h64-67,72H,6-63H2,1-5H3,(H,77,78)(H,79,80)/t65-,66+,67+/m0/s1. The second-order valence-electron chi connectivity index (χ2n) is 26.1. The third kappa shape index (κ3) is 64.8. The molecule has 0 aromatic carbocycles. The van der Waals surface area contributed by atoms with E-state index in [1.807, 2.05) is 0 Å². The van der Waals surface area contributed by atoms with E-state index >= 15 is 0 Å². The summed E-state index contributed by atoms with van der Waals surface area (Å²) in [7, 11) is -9.89. The van der Waals surface area contributed by atoms with Gasteiger partial charge in [-0.05, 0) is 31.6 Å². The van der Waals surface area contributed by atoms with E-state index in [1.54, 1.807) is 0 Å². The lowest BCUT2D eigenvalue weighted by atomic mass is 10.0. The fraction of sp³-hybridized carbons (Fsp3) is 0.944. The summed E-state index contributed by atoms with van der Waals surface area (Å²) in [5, 5.41) is 10.6. The van der Waals surface area contributed by atoms with Crippen LogP contribution in [0.3, 0.4) is 0 Å². The number of carbonyl (C=O) groups is 4. The van der Waals surface area contributed by atoms with Crippen LogP contribution in [0, 0.1) is 5.92 Å². The van der Waals surface area contributed by atoms with Gasteiger partial charge in [0.1, 0.15) is 19.3 Å². The summed E-state index contributed by atoms with van der Waals surface area (Å²) in [4.78, 5) is 72.2. The van der Waals surface area contributed by atoms with E-state index in [2.05, 4.69) is 34.6 Å². The molecular formula is C71H138O17P2. The zero-order valence-electron chi connectivity index (χ0n) is 58.3. The van der Waals surface area contributed by atoms with Gasteiger partial charge in [0.05, 0.1) is 26.4 Å². The summed E-state index contributed by atoms with van der Waals surface area (Å²) in [6.45, 7) is 7.07. The van der Waals surface area contributed by atoms with Gasteiger partial charge < -0.3 is 33.8 Å². The first-order valence-corrected chi connectivity index (χ1v) is 40.1. The van der Waals surface area contributed by atoms with Crippen LogP contribution >= 0.6 is 15.6 Å². The molecule has 17 nitrogen and oxygen atoms in total. The minimum atomic E-state index is -4.95. The van der Waals surface area contributed by atoms with E-state index in [0.29, 0.717) is 31.6 Å². The molecule has 2 unspecified atom stereocenters. The van der Waals surface area contributed by atoms with E-state index < -0.39 is 97.5 Å². The van der Waals surface area contributed by atoms with Crippen molar-refractivity contribution in [2.24, 2.45) is 5.92 Å². The maximum Gasteiger partial charge on any atom is 0.472 e. The average Bonchev–Trinajstić information content (AvgIpc) is 3.30. The second-order valence-corrected chi connectivity index (χ2v) is 29.0. The molecule has 0 aromatic rings. The summed E-state index contributed by atoms with van der Waals surface area (Å²) in [6.07, 6.45) is 52.1. The van der Waals surface area contributed by atoms with Crippen molar-refractivity contribution in [3.05, 3.63) is 0 Å². The number of phosphoric ester groups is 2. The minimum Gasteiger partial charge on any atom is -0.462 e. The highest BCUT2D eigenvalue weighted by atomic mass is 31.2. The van der Waals surface area contributed by atoms with Crippen molar-refractivity contribution < 1.29 is 80.2 Å². The number of hydrogen-bond acceptors (Lipinski definition) is 15. The van der Waals surface area contributed by atoms with E-state index in [0.717, 1.165) is 96.3 Å². The van der Waals surface area contributed by atoms with Gasteiger partial charge >= 0.3 is 39.5 Å². The summed E-state index contributed by atoms with van der Waals surface area (Å²) in [5.41, 5.74) is 0. The lowest BCUT2D eigenvalue weighted by Gasteiger charge is -2.21. The normalized spacial score (nSPS) is 14.1. The van der Waals surface area contributed by atoms with Crippen LogP contribution in [-0.2, 0) is 65.4 Å². The maximum atomic E-state index is 13.0. The van der Waals surface area contributed by atoms with Crippen LogP contribution in [0.25, 0.3) is 0 Å². The Bertz CT molecular complexity index is 1740. The Kier molecular flexibility index (Phi) is 63.0. The molecule has 0 rings (SSSR count). The van der Waals surface area contributed by atoms with Gasteiger partial charge in [0.25, 0.3) is 0 Å². The molecule has 0 fully saturated rings. The molecule has 0 radical (unpaired) electrons. The summed E-state index contributed by atoms with van der Waals surface area (Å²) in [5.74, 6) is -1.47. The van der Waals surface area contributed by atoms with Crippen LogP contribution < -0.4 is 0 Å². The number of aliphatic hydroxyl groups excluding tert-OH is 1. The quantitative estimate of drug-likeness (QED) is 0.0222. The highest BCUT2D eigenvalue weighted by Gasteiger charge is 2.30. The van der Waals surface area contributed by atoms with Gasteiger partial charge in [-0.25, -0.2) is 9.13 Å². The van der Waals surface area contributed by atoms with Gasteiger partial charge in [0.15, 0.2) is 12.2 Å². The maximum absolute atomic E-state index is 13.0. The van der Waals surface area contributed by atoms with Crippen LogP contribution in [-0.4, -0.2) is 96.7 Å². The molecule has 0 spiro atoms. The predicted octanol–water partition coefficient (Wildman–Crippen LogP) is 20.5. The molecule has 3 N–H and O–H groups in total. The molecule has 0 aliphatic rings. The lowest BCUT2D eigenvalue weighted by molar-refractivity contribution is -0.161. The molecule has 0 heterocycles. The number of unbranched alkanes of at least 4 members (excludes halogenated alkanes) is 43. The van der Waals surface area contributed by atoms with Crippen molar-refractivity contribution >= 4 is 39.5 Å². The number of hydrogen-bond donors (Lipinski definition) is 3. The monoisotopic (exact) mass is 1320 g/mol. The first-order chi connectivity index (χ1) is 43.5. The van der Waals surface area contributed by atoms with Crippen LogP contribution in [0.5, 0.6) is 0 Å². The van der Waals surface area contributed by atoms with Crippen molar-refractivity contribution in [3.8, 4) is 0 Å². The third-order valence-corrected chi connectivity index (χ3v) is 18.4.